The van der Waals surface area contributed by atoms with Gasteiger partial charge in [-0.1, -0.05) is 0 Å². The Morgan fingerprint density at radius 2 is 1.61 bits per heavy atom. The second kappa shape index (κ2) is 9.21. The number of amides is 1. The fraction of sp³-hybridized carbons (Fsp3) is 0.222. The van der Waals surface area contributed by atoms with Crippen LogP contribution in [0.2, 0.25) is 0 Å². The van der Waals surface area contributed by atoms with Crippen molar-refractivity contribution in [1.82, 2.24) is 5.43 Å². The first-order valence-electron chi connectivity index (χ1n) is 8.48. The van der Waals surface area contributed by atoms with Gasteiger partial charge in [-0.2, -0.15) is 5.10 Å². The Bertz CT molecular complexity index is 907. The lowest BCUT2D eigenvalue weighted by Crippen LogP contribution is -2.23. The summed E-state index contributed by atoms with van der Waals surface area (Å²) in [5.74, 6) is -0.555. The van der Waals surface area contributed by atoms with Crippen molar-refractivity contribution < 1.29 is 14.6 Å². The number of hydrogen-bond acceptors (Lipinski definition) is 7. The van der Waals surface area contributed by atoms with Crippen LogP contribution in [0, 0.1) is 20.2 Å². The van der Waals surface area contributed by atoms with Crippen LogP contribution in [0.25, 0.3) is 0 Å². The fourth-order valence-corrected chi connectivity index (χ4v) is 2.57. The molecule has 0 saturated carbocycles. The maximum absolute atomic E-state index is 12.1. The summed E-state index contributed by atoms with van der Waals surface area (Å²) in [5, 5.41) is 25.6. The van der Waals surface area contributed by atoms with Crippen LogP contribution in [0.3, 0.4) is 0 Å². The Balaban J connectivity index is 2.21. The van der Waals surface area contributed by atoms with Crippen molar-refractivity contribution in [2.75, 3.05) is 18.0 Å². The zero-order valence-electron chi connectivity index (χ0n) is 15.4. The first kappa shape index (κ1) is 20.5. The van der Waals surface area contributed by atoms with Crippen molar-refractivity contribution in [3.8, 4) is 0 Å². The van der Waals surface area contributed by atoms with Crippen molar-refractivity contribution >= 4 is 29.2 Å². The van der Waals surface area contributed by atoms with Crippen LogP contribution in [0.5, 0.6) is 0 Å². The zero-order chi connectivity index (χ0) is 20.7. The largest absolute Gasteiger partial charge is 0.372 e. The number of carbonyl (C=O) groups is 1. The third kappa shape index (κ3) is 4.87. The lowest BCUT2D eigenvalue weighted by molar-refractivity contribution is -0.385. The lowest BCUT2D eigenvalue weighted by Gasteiger charge is -2.22. The summed E-state index contributed by atoms with van der Waals surface area (Å²) >= 11 is 0. The van der Waals surface area contributed by atoms with E-state index in [0.717, 1.165) is 5.69 Å². The minimum Gasteiger partial charge on any atom is -0.372 e. The summed E-state index contributed by atoms with van der Waals surface area (Å²) in [6.45, 7) is 5.32. The van der Waals surface area contributed by atoms with Gasteiger partial charge in [0, 0.05) is 54.2 Å². The Morgan fingerprint density at radius 1 is 1.04 bits per heavy atom. The topological polar surface area (TPSA) is 131 Å². The molecule has 0 heterocycles. The third-order valence-corrected chi connectivity index (χ3v) is 4.04. The van der Waals surface area contributed by atoms with E-state index in [1.807, 2.05) is 18.7 Å². The minimum atomic E-state index is -0.559. The number of benzene rings is 2. The monoisotopic (exact) mass is 385 g/mol. The van der Waals surface area contributed by atoms with Crippen molar-refractivity contribution in [2.24, 2.45) is 5.10 Å². The first-order valence-corrected chi connectivity index (χ1v) is 8.48. The van der Waals surface area contributed by atoms with E-state index < -0.39 is 15.8 Å². The molecular formula is C18H19N5O5. The number of nitro benzene ring substituents is 2. The fourth-order valence-electron chi connectivity index (χ4n) is 2.57. The molecule has 0 aliphatic heterocycles. The van der Waals surface area contributed by atoms with Crippen LogP contribution in [0.4, 0.5) is 17.1 Å². The summed E-state index contributed by atoms with van der Waals surface area (Å²) in [7, 11) is 0. The molecule has 1 N–H and O–H groups in total. The predicted molar refractivity (Wildman–Crippen MR) is 105 cm³/mol. The minimum absolute atomic E-state index is 0.0842. The molecule has 2 aromatic carbocycles. The van der Waals surface area contributed by atoms with Gasteiger partial charge in [-0.15, -0.1) is 0 Å². The Labute approximate surface area is 160 Å². The van der Waals surface area contributed by atoms with E-state index in [2.05, 4.69) is 10.5 Å². The summed E-state index contributed by atoms with van der Waals surface area (Å²) < 4.78 is 0. The van der Waals surface area contributed by atoms with Crippen LogP contribution in [-0.2, 0) is 0 Å². The molecule has 0 radical (unpaired) electrons. The molecule has 0 atom stereocenters. The number of hydrazone groups is 1. The van der Waals surface area contributed by atoms with Crippen LogP contribution >= 0.6 is 0 Å². The number of anilines is 1. The van der Waals surface area contributed by atoms with Crippen LogP contribution in [-0.4, -0.2) is 35.1 Å². The predicted octanol–water partition coefficient (Wildman–Crippen LogP) is 3.11. The van der Waals surface area contributed by atoms with Gasteiger partial charge < -0.3 is 4.90 Å². The molecule has 0 aromatic heterocycles. The molecule has 1 amide bonds. The summed E-state index contributed by atoms with van der Waals surface area (Å²) in [6, 6.07) is 9.52. The van der Waals surface area contributed by atoms with Gasteiger partial charge in [0.2, 0.25) is 0 Å². The van der Waals surface area contributed by atoms with E-state index in [1.165, 1.54) is 42.6 Å². The van der Waals surface area contributed by atoms with E-state index in [0.29, 0.717) is 18.7 Å². The molecule has 10 nitrogen and oxygen atoms in total. The van der Waals surface area contributed by atoms with Gasteiger partial charge in [-0.3, -0.25) is 25.0 Å². The number of nitro groups is 2. The van der Waals surface area contributed by atoms with Gasteiger partial charge in [0.1, 0.15) is 0 Å². The second-order valence-electron chi connectivity index (χ2n) is 5.68. The maximum Gasteiger partial charge on any atom is 0.271 e. The van der Waals surface area contributed by atoms with Gasteiger partial charge in [-0.25, -0.2) is 5.43 Å². The number of non-ortho nitro benzene ring substituents is 2. The molecule has 0 bridgehead atoms. The standard InChI is InChI=1S/C18H19N5O5/c1-3-21(4-2)17-10-9-16(23(27)28)11-14(17)12-19-20-18(24)13-5-7-15(8-6-13)22(25)26/h5-12H,3-4H2,1-2H3,(H,20,24)/b19-12-. The van der Waals surface area contributed by atoms with Crippen molar-refractivity contribution in [3.05, 3.63) is 73.8 Å². The first-order chi connectivity index (χ1) is 13.4. The highest BCUT2D eigenvalue weighted by Gasteiger charge is 2.13. The number of nitrogens with one attached hydrogen (secondary N) is 1. The van der Waals surface area contributed by atoms with E-state index in [1.54, 1.807) is 6.07 Å². The van der Waals surface area contributed by atoms with Gasteiger partial charge in [0.25, 0.3) is 17.3 Å². The second-order valence-corrected chi connectivity index (χ2v) is 5.68. The molecule has 0 fully saturated rings. The van der Waals surface area contributed by atoms with Gasteiger partial charge >= 0.3 is 0 Å². The van der Waals surface area contributed by atoms with Crippen LogP contribution in [0.15, 0.2) is 47.6 Å². The molecule has 146 valence electrons. The van der Waals surface area contributed by atoms with E-state index in [-0.39, 0.29) is 16.9 Å². The van der Waals surface area contributed by atoms with Gasteiger partial charge in [-0.05, 0) is 32.0 Å². The Hall–Kier alpha value is -3.82. The summed E-state index contributed by atoms with van der Waals surface area (Å²) in [4.78, 5) is 34.8. The molecular weight excluding hydrogens is 366 g/mol. The number of nitrogens with zero attached hydrogens (tertiary/aromatic N) is 4. The van der Waals surface area contributed by atoms with Crippen LogP contribution in [0.1, 0.15) is 29.8 Å². The average molecular weight is 385 g/mol. The smallest absolute Gasteiger partial charge is 0.271 e. The van der Waals surface area contributed by atoms with E-state index in [9.17, 15) is 25.0 Å². The zero-order valence-corrected chi connectivity index (χ0v) is 15.4. The average Bonchev–Trinajstić information content (AvgIpc) is 2.69. The van der Waals surface area contributed by atoms with E-state index >= 15 is 0 Å². The third-order valence-electron chi connectivity index (χ3n) is 4.04. The molecule has 28 heavy (non-hydrogen) atoms. The lowest BCUT2D eigenvalue weighted by atomic mass is 10.1. The molecule has 10 heteroatoms. The Kier molecular flexibility index (Phi) is 6.74. The molecule has 2 rings (SSSR count). The SMILES string of the molecule is CCN(CC)c1ccc([N+](=O)[O-])cc1/C=N\NC(=O)c1ccc([N+](=O)[O-])cc1. The van der Waals surface area contributed by atoms with Gasteiger partial charge in [0.05, 0.1) is 16.1 Å². The molecule has 0 saturated heterocycles. The summed E-state index contributed by atoms with van der Waals surface area (Å²) in [6.07, 6.45) is 1.34. The highest BCUT2D eigenvalue weighted by Crippen LogP contribution is 2.24. The highest BCUT2D eigenvalue weighted by atomic mass is 16.6. The highest BCUT2D eigenvalue weighted by molar-refractivity contribution is 5.96. The quantitative estimate of drug-likeness (QED) is 0.422. The number of carbonyl (C=O) groups excluding carboxylic acids is 1. The number of rotatable bonds is 8. The van der Waals surface area contributed by atoms with Crippen molar-refractivity contribution in [2.45, 2.75) is 13.8 Å². The molecule has 2 aromatic rings. The van der Waals surface area contributed by atoms with Crippen LogP contribution < -0.4 is 10.3 Å². The molecule has 0 unspecified atom stereocenters. The normalized spacial score (nSPS) is 10.6. The molecule has 0 spiro atoms. The Morgan fingerprint density at radius 3 is 2.14 bits per heavy atom. The maximum atomic E-state index is 12.1. The van der Waals surface area contributed by atoms with Crippen molar-refractivity contribution in [1.29, 1.82) is 0 Å². The van der Waals surface area contributed by atoms with E-state index in [4.69, 9.17) is 0 Å². The number of hydrogen-bond donors (Lipinski definition) is 1. The summed E-state index contributed by atoms with van der Waals surface area (Å²) in [5.41, 5.74) is 3.55. The van der Waals surface area contributed by atoms with Gasteiger partial charge in [0.15, 0.2) is 0 Å². The molecule has 0 aliphatic rings. The van der Waals surface area contributed by atoms with Crippen molar-refractivity contribution in [3.63, 3.8) is 0 Å². The molecule has 0 aliphatic carbocycles.